The molecule has 2 aromatic carbocycles. The van der Waals surface area contributed by atoms with Crippen LogP contribution in [0.15, 0.2) is 59.0 Å². The molecule has 1 aromatic heterocycles. The fraction of sp³-hybridized carbons (Fsp3) is 0.150. The van der Waals surface area contributed by atoms with Gasteiger partial charge in [0.05, 0.1) is 10.5 Å². The van der Waals surface area contributed by atoms with E-state index in [0.29, 0.717) is 23.5 Å². The quantitative estimate of drug-likeness (QED) is 0.474. The molecule has 2 N–H and O–H groups in total. The van der Waals surface area contributed by atoms with E-state index in [-0.39, 0.29) is 35.9 Å². The largest absolute Gasteiger partial charge is 0.508 e. The zero-order valence-electron chi connectivity index (χ0n) is 14.7. The number of nitrogens with one attached hydrogen (secondary N) is 1. The zero-order valence-corrected chi connectivity index (χ0v) is 14.7. The number of aryl methyl sites for hydroxylation is 1. The van der Waals surface area contributed by atoms with Gasteiger partial charge in [-0.1, -0.05) is 12.1 Å². The highest BCUT2D eigenvalue weighted by molar-refractivity contribution is 5.76. The summed E-state index contributed by atoms with van der Waals surface area (Å²) >= 11 is 0. The van der Waals surface area contributed by atoms with Gasteiger partial charge in [0.15, 0.2) is 0 Å². The maximum atomic E-state index is 13.8. The second-order valence-electron chi connectivity index (χ2n) is 6.09. The van der Waals surface area contributed by atoms with Crippen molar-refractivity contribution in [2.45, 2.75) is 19.4 Å². The van der Waals surface area contributed by atoms with Gasteiger partial charge in [0.25, 0.3) is 5.69 Å². The number of hydrogen-bond acceptors (Lipinski definition) is 5. The number of phenols is 1. The third-order valence-corrected chi connectivity index (χ3v) is 4.15. The lowest BCUT2D eigenvalue weighted by molar-refractivity contribution is -0.384. The summed E-state index contributed by atoms with van der Waals surface area (Å²) in [6, 6.07) is 13.2. The monoisotopic (exact) mass is 384 g/mol. The molecule has 0 saturated heterocycles. The zero-order chi connectivity index (χ0) is 20.1. The Hall–Kier alpha value is -3.68. The average molecular weight is 384 g/mol. The van der Waals surface area contributed by atoms with E-state index in [2.05, 4.69) is 5.32 Å². The highest BCUT2D eigenvalue weighted by Crippen LogP contribution is 2.25. The van der Waals surface area contributed by atoms with Gasteiger partial charge in [0, 0.05) is 37.1 Å². The predicted octanol–water partition coefficient (Wildman–Crippen LogP) is 3.95. The number of phenolic OH excluding ortho intramolecular Hbond substituents is 1. The molecule has 0 atom stereocenters. The van der Waals surface area contributed by atoms with Gasteiger partial charge in [-0.15, -0.1) is 0 Å². The molecular weight excluding hydrogens is 367 g/mol. The Balaban J connectivity index is 1.55. The summed E-state index contributed by atoms with van der Waals surface area (Å²) < 4.78 is 19.4. The lowest BCUT2D eigenvalue weighted by atomic mass is 10.1. The first-order valence-corrected chi connectivity index (χ1v) is 8.50. The predicted molar refractivity (Wildman–Crippen MR) is 99.0 cm³/mol. The van der Waals surface area contributed by atoms with E-state index < -0.39 is 10.7 Å². The van der Waals surface area contributed by atoms with E-state index in [1.165, 1.54) is 24.3 Å². The number of hydrogen-bond donors (Lipinski definition) is 2. The molecule has 3 aromatic rings. The Morgan fingerprint density at radius 1 is 1.18 bits per heavy atom. The standard InChI is InChI=1S/C20H17FN2O5/c21-17-4-2-1-3-16(17)19-9-6-15(28-19)7-10-20(25)22-12-13-11-14(23(26)27)5-8-18(13)24/h1-6,8-9,11,24H,7,10,12H2,(H,22,25). The van der Waals surface area contributed by atoms with E-state index in [9.17, 15) is 24.4 Å². The third kappa shape index (κ3) is 4.53. The topological polar surface area (TPSA) is 106 Å². The van der Waals surface area contributed by atoms with Crippen LogP contribution in [0.3, 0.4) is 0 Å². The number of furan rings is 1. The maximum absolute atomic E-state index is 13.8. The van der Waals surface area contributed by atoms with Gasteiger partial charge in [-0.25, -0.2) is 4.39 Å². The molecule has 3 rings (SSSR count). The number of nitrogens with zero attached hydrogens (tertiary/aromatic N) is 1. The summed E-state index contributed by atoms with van der Waals surface area (Å²) in [6.07, 6.45) is 0.418. The van der Waals surface area contributed by atoms with Gasteiger partial charge in [-0.05, 0) is 30.3 Å². The van der Waals surface area contributed by atoms with Crippen LogP contribution < -0.4 is 5.32 Å². The molecule has 144 valence electrons. The number of nitro benzene ring substituents is 1. The minimum absolute atomic E-state index is 0.0367. The van der Waals surface area contributed by atoms with E-state index >= 15 is 0 Å². The van der Waals surface area contributed by atoms with Crippen molar-refractivity contribution in [3.05, 3.63) is 81.9 Å². The van der Waals surface area contributed by atoms with Gasteiger partial charge >= 0.3 is 0 Å². The first kappa shape index (κ1) is 19.1. The van der Waals surface area contributed by atoms with Crippen molar-refractivity contribution >= 4 is 11.6 Å². The fourth-order valence-corrected chi connectivity index (χ4v) is 2.66. The van der Waals surface area contributed by atoms with Crippen molar-refractivity contribution in [1.29, 1.82) is 0 Å². The SMILES string of the molecule is O=C(CCc1ccc(-c2ccccc2F)o1)NCc1cc([N+](=O)[O-])ccc1O. The molecule has 1 heterocycles. The Bertz CT molecular complexity index is 1020. The third-order valence-electron chi connectivity index (χ3n) is 4.15. The van der Waals surface area contributed by atoms with Crippen molar-refractivity contribution in [3.8, 4) is 17.1 Å². The molecule has 28 heavy (non-hydrogen) atoms. The number of halogens is 1. The van der Waals surface area contributed by atoms with Crippen LogP contribution in [0, 0.1) is 15.9 Å². The summed E-state index contributed by atoms with van der Waals surface area (Å²) in [5, 5.41) is 23.1. The van der Waals surface area contributed by atoms with Crippen LogP contribution in [0.25, 0.3) is 11.3 Å². The van der Waals surface area contributed by atoms with E-state index in [1.54, 1.807) is 30.3 Å². The first-order chi connectivity index (χ1) is 13.4. The normalized spacial score (nSPS) is 10.6. The van der Waals surface area contributed by atoms with Crippen LogP contribution in [-0.4, -0.2) is 15.9 Å². The second kappa shape index (κ2) is 8.34. The molecule has 0 aliphatic rings. The highest BCUT2D eigenvalue weighted by atomic mass is 19.1. The number of carbonyl (C=O) groups is 1. The fourth-order valence-electron chi connectivity index (χ4n) is 2.66. The molecule has 8 heteroatoms. The number of aromatic hydroxyl groups is 1. The first-order valence-electron chi connectivity index (χ1n) is 8.50. The summed E-state index contributed by atoms with van der Waals surface area (Å²) in [6.45, 7) is -0.0367. The van der Waals surface area contributed by atoms with Crippen LogP contribution in [0.1, 0.15) is 17.7 Å². The van der Waals surface area contributed by atoms with Crippen LogP contribution in [0.2, 0.25) is 0 Å². The van der Waals surface area contributed by atoms with Crippen molar-refractivity contribution < 1.29 is 23.6 Å². The molecule has 0 aliphatic heterocycles. The summed E-state index contributed by atoms with van der Waals surface area (Å²) in [4.78, 5) is 22.2. The van der Waals surface area contributed by atoms with Crippen molar-refractivity contribution in [3.63, 3.8) is 0 Å². The maximum Gasteiger partial charge on any atom is 0.270 e. The second-order valence-corrected chi connectivity index (χ2v) is 6.09. The van der Waals surface area contributed by atoms with Crippen molar-refractivity contribution in [2.24, 2.45) is 0 Å². The molecule has 0 saturated carbocycles. The Labute approximate surface area is 159 Å². The molecule has 1 amide bonds. The molecular formula is C20H17FN2O5. The van der Waals surface area contributed by atoms with Gasteiger partial charge in [-0.3, -0.25) is 14.9 Å². The minimum Gasteiger partial charge on any atom is -0.508 e. The number of rotatable bonds is 7. The van der Waals surface area contributed by atoms with Gasteiger partial charge in [-0.2, -0.15) is 0 Å². The van der Waals surface area contributed by atoms with Crippen molar-refractivity contribution in [1.82, 2.24) is 5.32 Å². The van der Waals surface area contributed by atoms with Crippen LogP contribution >= 0.6 is 0 Å². The summed E-state index contributed by atoms with van der Waals surface area (Å²) in [7, 11) is 0. The minimum atomic E-state index is -0.575. The van der Waals surface area contributed by atoms with Crippen LogP contribution in [0.4, 0.5) is 10.1 Å². The molecule has 0 aliphatic carbocycles. The van der Waals surface area contributed by atoms with Gasteiger partial charge in [0.1, 0.15) is 23.1 Å². The lowest BCUT2D eigenvalue weighted by Gasteiger charge is -2.07. The highest BCUT2D eigenvalue weighted by Gasteiger charge is 2.13. The van der Waals surface area contributed by atoms with E-state index in [0.717, 1.165) is 0 Å². The number of nitro groups is 1. The summed E-state index contributed by atoms with van der Waals surface area (Å²) in [5.41, 5.74) is 0.431. The molecule has 0 radical (unpaired) electrons. The van der Waals surface area contributed by atoms with E-state index in [1.807, 2.05) is 0 Å². The number of benzene rings is 2. The van der Waals surface area contributed by atoms with Gasteiger partial charge < -0.3 is 14.8 Å². The smallest absolute Gasteiger partial charge is 0.270 e. The van der Waals surface area contributed by atoms with Crippen molar-refractivity contribution in [2.75, 3.05) is 0 Å². The number of carbonyl (C=O) groups excluding carboxylic acids is 1. The molecule has 0 bridgehead atoms. The van der Waals surface area contributed by atoms with Crippen LogP contribution in [-0.2, 0) is 17.8 Å². The number of amides is 1. The van der Waals surface area contributed by atoms with Gasteiger partial charge in [0.2, 0.25) is 5.91 Å². The molecule has 0 fully saturated rings. The molecule has 7 nitrogen and oxygen atoms in total. The Kier molecular flexibility index (Phi) is 5.69. The average Bonchev–Trinajstić information content (AvgIpc) is 3.14. The number of non-ortho nitro benzene ring substituents is 1. The van der Waals surface area contributed by atoms with Crippen LogP contribution in [0.5, 0.6) is 5.75 Å². The summed E-state index contributed by atoms with van der Waals surface area (Å²) in [5.74, 6) is 0.0840. The van der Waals surface area contributed by atoms with E-state index in [4.69, 9.17) is 4.42 Å². The Morgan fingerprint density at radius 3 is 2.71 bits per heavy atom. The Morgan fingerprint density at radius 2 is 1.96 bits per heavy atom. The lowest BCUT2D eigenvalue weighted by Crippen LogP contribution is -2.23. The molecule has 0 spiro atoms. The molecule has 0 unspecified atom stereocenters.